The van der Waals surface area contributed by atoms with Crippen LogP contribution in [0.2, 0.25) is 0 Å². The molecule has 0 saturated heterocycles. The van der Waals surface area contributed by atoms with E-state index in [1.807, 2.05) is 65.2 Å². The topological polar surface area (TPSA) is 38.1 Å². The summed E-state index contributed by atoms with van der Waals surface area (Å²) in [5.74, 6) is 0.106. The van der Waals surface area contributed by atoms with E-state index in [0.717, 1.165) is 35.0 Å². The third kappa shape index (κ3) is 2.61. The van der Waals surface area contributed by atoms with Crippen LogP contribution < -0.4 is 0 Å². The van der Waals surface area contributed by atoms with E-state index in [2.05, 4.69) is 4.98 Å². The predicted molar refractivity (Wildman–Crippen MR) is 90.1 cm³/mol. The Morgan fingerprint density at radius 3 is 2.83 bits per heavy atom. The van der Waals surface area contributed by atoms with Crippen LogP contribution in [0.3, 0.4) is 0 Å². The molecule has 3 aromatic rings. The van der Waals surface area contributed by atoms with Gasteiger partial charge < -0.3 is 9.47 Å². The summed E-state index contributed by atoms with van der Waals surface area (Å²) in [6.45, 7) is 0.577. The lowest BCUT2D eigenvalue weighted by Gasteiger charge is -2.22. The molecule has 0 bridgehead atoms. The van der Waals surface area contributed by atoms with Crippen LogP contribution in [0.25, 0.3) is 10.9 Å². The van der Waals surface area contributed by atoms with Gasteiger partial charge in [-0.15, -0.1) is 0 Å². The van der Waals surface area contributed by atoms with Gasteiger partial charge >= 0.3 is 0 Å². The molecule has 23 heavy (non-hydrogen) atoms. The van der Waals surface area contributed by atoms with Crippen LogP contribution in [0.4, 0.5) is 0 Å². The lowest BCUT2D eigenvalue weighted by molar-refractivity contribution is 0.0730. The molecule has 2 heterocycles. The van der Waals surface area contributed by atoms with Crippen molar-refractivity contribution < 1.29 is 4.79 Å². The van der Waals surface area contributed by atoms with Crippen molar-refractivity contribution >= 4 is 16.8 Å². The molecule has 1 aromatic carbocycles. The minimum atomic E-state index is 0.106. The third-order valence-electron chi connectivity index (χ3n) is 4.47. The van der Waals surface area contributed by atoms with Crippen LogP contribution >= 0.6 is 0 Å². The normalized spacial score (nSPS) is 14.1. The fourth-order valence-corrected chi connectivity index (χ4v) is 3.06. The maximum Gasteiger partial charge on any atom is 0.255 e. The number of nitrogens with zero attached hydrogens (tertiary/aromatic N) is 3. The molecule has 2 aromatic heterocycles. The average Bonchev–Trinajstić information content (AvgIpc) is 3.36. The number of benzene rings is 1. The van der Waals surface area contributed by atoms with Crippen molar-refractivity contribution in [3.63, 3.8) is 0 Å². The van der Waals surface area contributed by atoms with Crippen molar-refractivity contribution in [2.75, 3.05) is 0 Å². The fraction of sp³-hybridized carbons (Fsp3) is 0.263. The molecular formula is C19H19N3O. The number of aryl methyl sites for hydroxylation is 1. The van der Waals surface area contributed by atoms with Crippen molar-refractivity contribution in [1.29, 1.82) is 0 Å². The first-order chi connectivity index (χ1) is 11.2. The van der Waals surface area contributed by atoms with Gasteiger partial charge in [-0.05, 0) is 43.2 Å². The van der Waals surface area contributed by atoms with E-state index in [1.54, 1.807) is 6.20 Å². The van der Waals surface area contributed by atoms with Crippen LogP contribution in [0.5, 0.6) is 0 Å². The second-order valence-electron chi connectivity index (χ2n) is 6.15. The summed E-state index contributed by atoms with van der Waals surface area (Å²) in [6.07, 6.45) is 5.96. The van der Waals surface area contributed by atoms with Gasteiger partial charge in [0.15, 0.2) is 0 Å². The van der Waals surface area contributed by atoms with Crippen molar-refractivity contribution in [3.8, 4) is 0 Å². The first kappa shape index (κ1) is 14.0. The Hall–Kier alpha value is -2.62. The second-order valence-corrected chi connectivity index (χ2v) is 6.15. The zero-order valence-corrected chi connectivity index (χ0v) is 13.1. The Bertz CT molecular complexity index is 849. The summed E-state index contributed by atoms with van der Waals surface area (Å²) in [6, 6.07) is 14.2. The Morgan fingerprint density at radius 2 is 2.09 bits per heavy atom. The van der Waals surface area contributed by atoms with Gasteiger partial charge in [0.2, 0.25) is 0 Å². The number of amides is 1. The largest absolute Gasteiger partial charge is 0.351 e. The zero-order valence-electron chi connectivity index (χ0n) is 13.1. The quantitative estimate of drug-likeness (QED) is 0.741. The number of carbonyl (C=O) groups is 1. The van der Waals surface area contributed by atoms with Crippen LogP contribution in [0.1, 0.15) is 28.9 Å². The van der Waals surface area contributed by atoms with E-state index >= 15 is 0 Å². The van der Waals surface area contributed by atoms with Crippen molar-refractivity contribution in [1.82, 2.24) is 14.5 Å². The standard InChI is InChI=1S/C19H19N3O/c1-21-12-10-16-17(6-4-7-18(16)21)19(23)22(15-8-9-15)13-14-5-2-3-11-20-14/h2-7,10-12,15H,8-9,13H2,1H3. The average molecular weight is 305 g/mol. The maximum absolute atomic E-state index is 13.1. The minimum absolute atomic E-state index is 0.106. The molecule has 4 nitrogen and oxygen atoms in total. The Kier molecular flexibility index (Phi) is 3.37. The van der Waals surface area contributed by atoms with Crippen LogP contribution in [0, 0.1) is 0 Å². The highest BCUT2D eigenvalue weighted by Gasteiger charge is 2.33. The molecule has 116 valence electrons. The molecule has 4 heteroatoms. The van der Waals surface area contributed by atoms with Gasteiger partial charge in [-0.3, -0.25) is 9.78 Å². The van der Waals surface area contributed by atoms with Gasteiger partial charge in [0.05, 0.1) is 12.2 Å². The molecule has 0 spiro atoms. The summed E-state index contributed by atoms with van der Waals surface area (Å²) >= 11 is 0. The summed E-state index contributed by atoms with van der Waals surface area (Å²) in [4.78, 5) is 19.5. The number of hydrogen-bond donors (Lipinski definition) is 0. The van der Waals surface area contributed by atoms with E-state index in [0.29, 0.717) is 12.6 Å². The summed E-state index contributed by atoms with van der Waals surface area (Å²) < 4.78 is 2.05. The molecule has 1 saturated carbocycles. The van der Waals surface area contributed by atoms with Gasteiger partial charge in [0.25, 0.3) is 5.91 Å². The molecule has 1 fully saturated rings. The molecule has 0 atom stereocenters. The molecule has 0 radical (unpaired) electrons. The van der Waals surface area contributed by atoms with Crippen LogP contribution in [0.15, 0.2) is 54.9 Å². The number of aromatic nitrogens is 2. The summed E-state index contributed by atoms with van der Waals surface area (Å²) in [7, 11) is 2.00. The lowest BCUT2D eigenvalue weighted by Crippen LogP contribution is -2.33. The maximum atomic E-state index is 13.1. The molecule has 1 aliphatic rings. The van der Waals surface area contributed by atoms with E-state index in [9.17, 15) is 4.79 Å². The number of pyridine rings is 1. The Morgan fingerprint density at radius 1 is 1.22 bits per heavy atom. The summed E-state index contributed by atoms with van der Waals surface area (Å²) in [5, 5.41) is 1.02. The smallest absolute Gasteiger partial charge is 0.255 e. The first-order valence-corrected chi connectivity index (χ1v) is 7.99. The predicted octanol–water partition coefficient (Wildman–Crippen LogP) is 3.38. The van der Waals surface area contributed by atoms with Gasteiger partial charge in [0.1, 0.15) is 0 Å². The fourth-order valence-electron chi connectivity index (χ4n) is 3.06. The summed E-state index contributed by atoms with van der Waals surface area (Å²) in [5.41, 5.74) is 2.81. The zero-order chi connectivity index (χ0) is 15.8. The van der Waals surface area contributed by atoms with Crippen molar-refractivity contribution in [2.24, 2.45) is 7.05 Å². The molecule has 0 unspecified atom stereocenters. The molecular weight excluding hydrogens is 286 g/mol. The second kappa shape index (κ2) is 5.54. The highest BCUT2D eigenvalue weighted by molar-refractivity contribution is 6.06. The van der Waals surface area contributed by atoms with Gasteiger partial charge in [0, 0.05) is 41.9 Å². The minimum Gasteiger partial charge on any atom is -0.351 e. The van der Waals surface area contributed by atoms with Gasteiger partial charge in [-0.1, -0.05) is 12.1 Å². The molecule has 0 N–H and O–H groups in total. The first-order valence-electron chi connectivity index (χ1n) is 7.99. The number of rotatable bonds is 4. The van der Waals surface area contributed by atoms with Crippen LogP contribution in [-0.4, -0.2) is 26.4 Å². The van der Waals surface area contributed by atoms with E-state index < -0.39 is 0 Å². The number of carbonyl (C=O) groups excluding carboxylic acids is 1. The van der Waals surface area contributed by atoms with E-state index in [4.69, 9.17) is 0 Å². The Balaban J connectivity index is 1.69. The monoisotopic (exact) mass is 305 g/mol. The van der Waals surface area contributed by atoms with E-state index in [-0.39, 0.29) is 5.91 Å². The SMILES string of the molecule is Cn1ccc2c(C(=O)N(Cc3ccccn3)C3CC3)cccc21. The third-order valence-corrected chi connectivity index (χ3v) is 4.47. The molecule has 1 aliphatic carbocycles. The Labute approximate surface area is 135 Å². The van der Waals surface area contributed by atoms with Crippen molar-refractivity contribution in [2.45, 2.75) is 25.4 Å². The number of fused-ring (bicyclic) bond motifs is 1. The molecule has 4 rings (SSSR count). The van der Waals surface area contributed by atoms with Crippen LogP contribution in [-0.2, 0) is 13.6 Å². The lowest BCUT2D eigenvalue weighted by atomic mass is 10.1. The van der Waals surface area contributed by atoms with Crippen molar-refractivity contribution in [3.05, 3.63) is 66.1 Å². The highest BCUT2D eigenvalue weighted by Crippen LogP contribution is 2.31. The van der Waals surface area contributed by atoms with Gasteiger partial charge in [-0.25, -0.2) is 0 Å². The van der Waals surface area contributed by atoms with Gasteiger partial charge in [-0.2, -0.15) is 0 Å². The molecule has 1 amide bonds. The molecule has 0 aliphatic heterocycles. The highest BCUT2D eigenvalue weighted by atomic mass is 16.2. The number of hydrogen-bond acceptors (Lipinski definition) is 2. The van der Waals surface area contributed by atoms with E-state index in [1.165, 1.54) is 0 Å².